The largest absolute Gasteiger partial charge is 0.466 e. The molecule has 0 spiro atoms. The van der Waals surface area contributed by atoms with Crippen molar-refractivity contribution in [3.63, 3.8) is 0 Å². The lowest BCUT2D eigenvalue weighted by molar-refractivity contribution is -0.140. The summed E-state index contributed by atoms with van der Waals surface area (Å²) in [5.41, 5.74) is 1.27. The van der Waals surface area contributed by atoms with E-state index in [4.69, 9.17) is 4.74 Å². The van der Waals surface area contributed by atoms with Crippen LogP contribution in [0.4, 0.5) is 0 Å². The molecule has 0 aromatic carbocycles. The molecule has 0 fully saturated rings. The number of ether oxygens (including phenoxy) is 1. The van der Waals surface area contributed by atoms with Gasteiger partial charge in [-0.1, -0.05) is 18.2 Å². The number of hydrogen-bond donors (Lipinski definition) is 0. The van der Waals surface area contributed by atoms with Crippen molar-refractivity contribution in [3.05, 3.63) is 23.8 Å². The highest BCUT2D eigenvalue weighted by atomic mass is 16.5. The van der Waals surface area contributed by atoms with Crippen LogP contribution in [0.5, 0.6) is 0 Å². The maximum absolute atomic E-state index is 10.4. The Morgan fingerprint density at radius 3 is 3.09 bits per heavy atom. The highest BCUT2D eigenvalue weighted by Gasteiger charge is 1.98. The summed E-state index contributed by atoms with van der Waals surface area (Å²) in [4.78, 5) is 10.4. The fourth-order valence-electron chi connectivity index (χ4n) is 1.00. The summed E-state index contributed by atoms with van der Waals surface area (Å²) in [6, 6.07) is 0. The van der Waals surface area contributed by atoms with E-state index in [1.165, 1.54) is 12.5 Å². The number of hydrogen-bond acceptors (Lipinski definition) is 2. The van der Waals surface area contributed by atoms with Crippen LogP contribution in [-0.2, 0) is 9.53 Å². The van der Waals surface area contributed by atoms with Crippen LogP contribution in [0.1, 0.15) is 19.8 Å². The minimum absolute atomic E-state index is 0.201. The van der Waals surface area contributed by atoms with E-state index in [0.29, 0.717) is 6.61 Å². The summed E-state index contributed by atoms with van der Waals surface area (Å²) >= 11 is 0. The van der Waals surface area contributed by atoms with Crippen molar-refractivity contribution in [2.24, 2.45) is 0 Å². The lowest BCUT2D eigenvalue weighted by atomic mass is 10.2. The Bertz CT molecular complexity index is 202. The lowest BCUT2D eigenvalue weighted by Crippen LogP contribution is -2.00. The van der Waals surface area contributed by atoms with Crippen LogP contribution in [0.15, 0.2) is 23.8 Å². The molecule has 0 N–H and O–H groups in total. The first kappa shape index (κ1) is 8.05. The van der Waals surface area contributed by atoms with E-state index in [1.807, 2.05) is 0 Å². The Morgan fingerprint density at radius 2 is 2.55 bits per heavy atom. The van der Waals surface area contributed by atoms with Crippen molar-refractivity contribution in [2.45, 2.75) is 19.8 Å². The van der Waals surface area contributed by atoms with Crippen LogP contribution < -0.4 is 0 Å². The van der Waals surface area contributed by atoms with Crippen molar-refractivity contribution in [1.82, 2.24) is 0 Å². The molecule has 0 radical (unpaired) electrons. The van der Waals surface area contributed by atoms with Crippen molar-refractivity contribution in [2.75, 3.05) is 6.61 Å². The van der Waals surface area contributed by atoms with Gasteiger partial charge in [0.1, 0.15) is 0 Å². The van der Waals surface area contributed by atoms with Crippen molar-refractivity contribution < 1.29 is 9.53 Å². The highest BCUT2D eigenvalue weighted by molar-refractivity contribution is 5.65. The molecule has 0 saturated carbocycles. The number of rotatable bonds is 3. The van der Waals surface area contributed by atoms with Gasteiger partial charge in [0, 0.05) is 13.3 Å². The van der Waals surface area contributed by atoms with E-state index >= 15 is 0 Å². The molecule has 0 unspecified atom stereocenters. The van der Waals surface area contributed by atoms with Gasteiger partial charge in [-0.15, -0.1) is 0 Å². The average molecular weight is 152 g/mol. The van der Waals surface area contributed by atoms with Gasteiger partial charge in [-0.2, -0.15) is 0 Å². The number of allylic oxidation sites excluding steroid dienone is 3. The summed E-state index contributed by atoms with van der Waals surface area (Å²) in [5, 5.41) is 0. The molecule has 0 bridgehead atoms. The van der Waals surface area contributed by atoms with Crippen molar-refractivity contribution >= 4 is 5.97 Å². The second-order valence-corrected chi connectivity index (χ2v) is 2.51. The van der Waals surface area contributed by atoms with Crippen LogP contribution in [0.25, 0.3) is 0 Å². The van der Waals surface area contributed by atoms with Crippen molar-refractivity contribution in [3.8, 4) is 0 Å². The van der Waals surface area contributed by atoms with Gasteiger partial charge in [0.15, 0.2) is 0 Å². The first-order valence-electron chi connectivity index (χ1n) is 3.78. The monoisotopic (exact) mass is 152 g/mol. The van der Waals surface area contributed by atoms with Gasteiger partial charge in [-0.05, 0) is 12.0 Å². The maximum atomic E-state index is 10.4. The smallest absolute Gasteiger partial charge is 0.302 e. The summed E-state index contributed by atoms with van der Waals surface area (Å²) in [7, 11) is 0. The van der Waals surface area contributed by atoms with E-state index in [2.05, 4.69) is 18.2 Å². The predicted octanol–water partition coefficient (Wildman–Crippen LogP) is 1.83. The van der Waals surface area contributed by atoms with E-state index in [-0.39, 0.29) is 5.97 Å². The van der Waals surface area contributed by atoms with Crippen LogP contribution in [-0.4, -0.2) is 12.6 Å². The fourth-order valence-corrected chi connectivity index (χ4v) is 1.00. The zero-order chi connectivity index (χ0) is 8.10. The molecule has 0 aromatic rings. The van der Waals surface area contributed by atoms with Gasteiger partial charge >= 0.3 is 5.97 Å². The third-order valence-electron chi connectivity index (χ3n) is 1.54. The van der Waals surface area contributed by atoms with Gasteiger partial charge < -0.3 is 4.74 Å². The number of carbonyl (C=O) groups is 1. The van der Waals surface area contributed by atoms with Gasteiger partial charge in [0.25, 0.3) is 0 Å². The molecule has 1 aliphatic rings. The van der Waals surface area contributed by atoms with Crippen LogP contribution in [0.3, 0.4) is 0 Å². The predicted molar refractivity (Wildman–Crippen MR) is 43.1 cm³/mol. The molecule has 2 heteroatoms. The van der Waals surface area contributed by atoms with E-state index in [9.17, 15) is 4.79 Å². The third kappa shape index (κ3) is 3.03. The Kier molecular flexibility index (Phi) is 2.90. The average Bonchev–Trinajstić information content (AvgIpc) is 2.39. The van der Waals surface area contributed by atoms with E-state index < -0.39 is 0 Å². The topological polar surface area (TPSA) is 26.3 Å². The molecule has 1 rings (SSSR count). The first-order chi connectivity index (χ1) is 5.29. The molecule has 11 heavy (non-hydrogen) atoms. The highest BCUT2D eigenvalue weighted by Crippen LogP contribution is 2.12. The normalized spacial score (nSPS) is 14.8. The van der Waals surface area contributed by atoms with Crippen LogP contribution in [0, 0.1) is 0 Å². The minimum Gasteiger partial charge on any atom is -0.466 e. The van der Waals surface area contributed by atoms with Crippen LogP contribution in [0.2, 0.25) is 0 Å². The molecule has 0 aromatic heterocycles. The molecule has 60 valence electrons. The SMILES string of the molecule is CC(=O)OCCC1=CCC=C1. The van der Waals surface area contributed by atoms with Gasteiger partial charge in [-0.3, -0.25) is 4.79 Å². The summed E-state index contributed by atoms with van der Waals surface area (Å²) in [5.74, 6) is -0.201. The molecule has 2 nitrogen and oxygen atoms in total. The maximum Gasteiger partial charge on any atom is 0.302 e. The van der Waals surface area contributed by atoms with E-state index in [1.54, 1.807) is 0 Å². The molecule has 0 aliphatic heterocycles. The Labute approximate surface area is 66.5 Å². The molecule has 1 aliphatic carbocycles. The molecule has 0 heterocycles. The molecule has 0 saturated heterocycles. The fraction of sp³-hybridized carbons (Fsp3) is 0.444. The van der Waals surface area contributed by atoms with Gasteiger partial charge in [0.05, 0.1) is 6.61 Å². The lowest BCUT2D eigenvalue weighted by Gasteiger charge is -1.99. The summed E-state index contributed by atoms with van der Waals surface area (Å²) in [6.07, 6.45) is 8.18. The standard InChI is InChI=1S/C9H12O2/c1-8(10)11-7-6-9-4-2-3-5-9/h2,4-5H,3,6-7H2,1H3. The molecular weight excluding hydrogens is 140 g/mol. The first-order valence-corrected chi connectivity index (χ1v) is 3.78. The van der Waals surface area contributed by atoms with Crippen molar-refractivity contribution in [1.29, 1.82) is 0 Å². The summed E-state index contributed by atoms with van der Waals surface area (Å²) in [6.45, 7) is 1.93. The molecule has 0 atom stereocenters. The van der Waals surface area contributed by atoms with Gasteiger partial charge in [-0.25, -0.2) is 0 Å². The Morgan fingerprint density at radius 1 is 1.73 bits per heavy atom. The van der Waals surface area contributed by atoms with Gasteiger partial charge in [0.2, 0.25) is 0 Å². The Hall–Kier alpha value is -1.05. The second kappa shape index (κ2) is 3.96. The zero-order valence-electron chi connectivity index (χ0n) is 6.67. The molecular formula is C9H12O2. The van der Waals surface area contributed by atoms with Crippen LogP contribution >= 0.6 is 0 Å². The number of carbonyl (C=O) groups excluding carboxylic acids is 1. The second-order valence-electron chi connectivity index (χ2n) is 2.51. The molecule has 0 amide bonds. The third-order valence-corrected chi connectivity index (χ3v) is 1.54. The zero-order valence-corrected chi connectivity index (χ0v) is 6.67. The quantitative estimate of drug-likeness (QED) is 0.576. The van der Waals surface area contributed by atoms with E-state index in [0.717, 1.165) is 12.8 Å². The number of esters is 1. The summed E-state index contributed by atoms with van der Waals surface area (Å²) < 4.78 is 4.79. The minimum atomic E-state index is -0.201. The Balaban J connectivity index is 2.12.